The molecule has 0 unspecified atom stereocenters. The van der Waals surface area contributed by atoms with E-state index in [0.717, 1.165) is 4.31 Å². The maximum Gasteiger partial charge on any atom is 0.242 e. The van der Waals surface area contributed by atoms with Crippen LogP contribution in [0.15, 0.2) is 23.1 Å². The minimum atomic E-state index is -3.49. The van der Waals surface area contributed by atoms with Gasteiger partial charge in [0.1, 0.15) is 0 Å². The highest BCUT2D eigenvalue weighted by molar-refractivity contribution is 7.89. The lowest BCUT2D eigenvalue weighted by atomic mass is 10.1. The van der Waals surface area contributed by atoms with E-state index in [9.17, 15) is 13.2 Å². The van der Waals surface area contributed by atoms with E-state index in [2.05, 4.69) is 0 Å². The lowest BCUT2D eigenvalue weighted by Crippen LogP contribution is -2.23. The Hall–Kier alpha value is -1.20. The van der Waals surface area contributed by atoms with E-state index in [1.807, 2.05) is 0 Å². The molecule has 1 aromatic carbocycles. The SMILES string of the molecule is CCC(=O)c1ccc(C)c(S(=O)(=O)N(C)C)c1. The maximum absolute atomic E-state index is 12.0. The molecule has 17 heavy (non-hydrogen) atoms. The van der Waals surface area contributed by atoms with Crippen LogP contribution in [-0.2, 0) is 10.0 Å². The van der Waals surface area contributed by atoms with Crippen molar-refractivity contribution < 1.29 is 13.2 Å². The lowest BCUT2D eigenvalue weighted by molar-refractivity contribution is 0.0988. The van der Waals surface area contributed by atoms with E-state index >= 15 is 0 Å². The number of sulfonamides is 1. The Labute approximate surface area is 102 Å². The van der Waals surface area contributed by atoms with Gasteiger partial charge in [-0.2, -0.15) is 0 Å². The van der Waals surface area contributed by atoms with Crippen LogP contribution in [0.2, 0.25) is 0 Å². The number of aryl methyl sites for hydroxylation is 1. The van der Waals surface area contributed by atoms with Gasteiger partial charge in [0.05, 0.1) is 4.90 Å². The van der Waals surface area contributed by atoms with Gasteiger partial charge in [-0.1, -0.05) is 19.1 Å². The quantitative estimate of drug-likeness (QED) is 0.771. The number of Topliss-reactive ketones (excluding diaryl/α,β-unsaturated/α-hetero) is 1. The zero-order valence-corrected chi connectivity index (χ0v) is 11.3. The number of carbonyl (C=O) groups excluding carboxylic acids is 1. The van der Waals surface area contributed by atoms with Crippen LogP contribution in [0.1, 0.15) is 29.3 Å². The first-order valence-electron chi connectivity index (χ1n) is 5.37. The van der Waals surface area contributed by atoms with Gasteiger partial charge in [-0.05, 0) is 18.6 Å². The van der Waals surface area contributed by atoms with Crippen LogP contribution in [-0.4, -0.2) is 32.6 Å². The van der Waals surface area contributed by atoms with Crippen molar-refractivity contribution in [2.45, 2.75) is 25.2 Å². The number of hydrogen-bond donors (Lipinski definition) is 0. The van der Waals surface area contributed by atoms with Gasteiger partial charge in [0, 0.05) is 26.1 Å². The third kappa shape index (κ3) is 2.73. The van der Waals surface area contributed by atoms with E-state index in [1.54, 1.807) is 26.0 Å². The van der Waals surface area contributed by atoms with Crippen molar-refractivity contribution in [3.63, 3.8) is 0 Å². The first-order valence-corrected chi connectivity index (χ1v) is 6.81. The summed E-state index contributed by atoms with van der Waals surface area (Å²) in [7, 11) is -0.540. The maximum atomic E-state index is 12.0. The van der Waals surface area contributed by atoms with Gasteiger partial charge in [-0.25, -0.2) is 12.7 Å². The normalized spacial score (nSPS) is 11.8. The van der Waals surface area contributed by atoms with Gasteiger partial charge < -0.3 is 0 Å². The van der Waals surface area contributed by atoms with E-state index in [0.29, 0.717) is 17.5 Å². The lowest BCUT2D eigenvalue weighted by Gasteiger charge is -2.14. The molecule has 0 saturated carbocycles. The van der Waals surface area contributed by atoms with Crippen LogP contribution < -0.4 is 0 Å². The molecular weight excluding hydrogens is 238 g/mol. The fourth-order valence-corrected chi connectivity index (χ4v) is 2.60. The number of benzene rings is 1. The zero-order valence-electron chi connectivity index (χ0n) is 10.5. The van der Waals surface area contributed by atoms with E-state index in [-0.39, 0.29) is 10.7 Å². The van der Waals surface area contributed by atoms with Gasteiger partial charge in [0.2, 0.25) is 10.0 Å². The number of carbonyl (C=O) groups is 1. The van der Waals surface area contributed by atoms with Gasteiger partial charge in [0.15, 0.2) is 5.78 Å². The minimum Gasteiger partial charge on any atom is -0.294 e. The molecule has 0 amide bonds. The highest BCUT2D eigenvalue weighted by Gasteiger charge is 2.20. The van der Waals surface area contributed by atoms with Crippen LogP contribution in [0.5, 0.6) is 0 Å². The fraction of sp³-hybridized carbons (Fsp3) is 0.417. The second kappa shape index (κ2) is 4.98. The third-order valence-corrected chi connectivity index (χ3v) is 4.55. The minimum absolute atomic E-state index is 0.0554. The molecule has 4 nitrogen and oxygen atoms in total. The molecular formula is C12H17NO3S. The van der Waals surface area contributed by atoms with Crippen LogP contribution in [0.4, 0.5) is 0 Å². The van der Waals surface area contributed by atoms with Crippen molar-refractivity contribution in [1.82, 2.24) is 4.31 Å². The second-order valence-electron chi connectivity index (χ2n) is 4.04. The topological polar surface area (TPSA) is 54.5 Å². The standard InChI is InChI=1S/C12H17NO3S/c1-5-11(14)10-7-6-9(2)12(8-10)17(15,16)13(3)4/h6-8H,5H2,1-4H3. The van der Waals surface area contributed by atoms with Crippen molar-refractivity contribution in [3.8, 4) is 0 Å². The van der Waals surface area contributed by atoms with Gasteiger partial charge >= 0.3 is 0 Å². The molecule has 0 saturated heterocycles. The van der Waals surface area contributed by atoms with Gasteiger partial charge in [-0.15, -0.1) is 0 Å². The van der Waals surface area contributed by atoms with Crippen molar-refractivity contribution in [1.29, 1.82) is 0 Å². The molecule has 0 spiro atoms. The molecule has 0 aromatic heterocycles. The molecule has 0 heterocycles. The highest BCUT2D eigenvalue weighted by Crippen LogP contribution is 2.20. The summed E-state index contributed by atoms with van der Waals surface area (Å²) in [5.41, 5.74) is 1.09. The Balaban J connectivity index is 3.40. The molecule has 5 heteroatoms. The zero-order chi connectivity index (χ0) is 13.2. The summed E-state index contributed by atoms with van der Waals surface area (Å²) in [6.45, 7) is 3.47. The van der Waals surface area contributed by atoms with Crippen molar-refractivity contribution in [2.24, 2.45) is 0 Å². The molecule has 0 aliphatic carbocycles. The molecule has 0 N–H and O–H groups in total. The van der Waals surface area contributed by atoms with Crippen molar-refractivity contribution >= 4 is 15.8 Å². The monoisotopic (exact) mass is 255 g/mol. The van der Waals surface area contributed by atoms with E-state index < -0.39 is 10.0 Å². The van der Waals surface area contributed by atoms with Crippen LogP contribution >= 0.6 is 0 Å². The largest absolute Gasteiger partial charge is 0.294 e. The Morgan fingerprint density at radius 3 is 2.35 bits per heavy atom. The smallest absolute Gasteiger partial charge is 0.242 e. The summed E-state index contributed by atoms with van der Waals surface area (Å²) in [4.78, 5) is 11.8. The fourth-order valence-electron chi connectivity index (χ4n) is 1.45. The molecule has 0 fully saturated rings. The average molecular weight is 255 g/mol. The van der Waals surface area contributed by atoms with Gasteiger partial charge in [-0.3, -0.25) is 4.79 Å². The van der Waals surface area contributed by atoms with Crippen molar-refractivity contribution in [3.05, 3.63) is 29.3 Å². The van der Waals surface area contributed by atoms with E-state index in [1.165, 1.54) is 20.2 Å². The first kappa shape index (κ1) is 13.9. The predicted octanol–water partition coefficient (Wildman–Crippen LogP) is 1.84. The van der Waals surface area contributed by atoms with Crippen LogP contribution in [0.3, 0.4) is 0 Å². The summed E-state index contributed by atoms with van der Waals surface area (Å²) < 4.78 is 25.2. The molecule has 0 bridgehead atoms. The molecule has 0 aliphatic rings. The molecule has 0 atom stereocenters. The number of rotatable bonds is 4. The summed E-state index contributed by atoms with van der Waals surface area (Å²) in [5, 5.41) is 0. The average Bonchev–Trinajstić information content (AvgIpc) is 2.28. The number of hydrogen-bond acceptors (Lipinski definition) is 3. The summed E-state index contributed by atoms with van der Waals surface area (Å²) in [5.74, 6) is -0.0554. The third-order valence-electron chi connectivity index (χ3n) is 2.59. The van der Waals surface area contributed by atoms with Crippen LogP contribution in [0.25, 0.3) is 0 Å². The van der Waals surface area contributed by atoms with Crippen LogP contribution in [0, 0.1) is 6.92 Å². The first-order chi connectivity index (χ1) is 7.80. The predicted molar refractivity (Wildman–Crippen MR) is 66.7 cm³/mol. The Kier molecular flexibility index (Phi) is 4.06. The molecule has 0 aliphatic heterocycles. The van der Waals surface area contributed by atoms with E-state index in [4.69, 9.17) is 0 Å². The van der Waals surface area contributed by atoms with Crippen molar-refractivity contribution in [2.75, 3.05) is 14.1 Å². The summed E-state index contributed by atoms with van der Waals surface area (Å²) >= 11 is 0. The Morgan fingerprint density at radius 1 is 1.29 bits per heavy atom. The highest BCUT2D eigenvalue weighted by atomic mass is 32.2. The molecule has 94 valence electrons. The number of nitrogens with zero attached hydrogens (tertiary/aromatic N) is 1. The van der Waals surface area contributed by atoms with Gasteiger partial charge in [0.25, 0.3) is 0 Å². The molecule has 1 aromatic rings. The summed E-state index contributed by atoms with van der Waals surface area (Å²) in [6.07, 6.45) is 0.366. The summed E-state index contributed by atoms with van der Waals surface area (Å²) in [6, 6.07) is 4.78. The Morgan fingerprint density at radius 2 is 1.88 bits per heavy atom. The Bertz CT molecular complexity index is 533. The second-order valence-corrected chi connectivity index (χ2v) is 6.16. The number of ketones is 1. The molecule has 0 radical (unpaired) electrons. The molecule has 1 rings (SSSR count).